The highest BCUT2D eigenvalue weighted by atomic mass is 32.1. The Balaban J connectivity index is 0.000000555. The maximum Gasteiger partial charge on any atom is 0.673 e. The maximum absolute atomic E-state index is 9.75. The van der Waals surface area contributed by atoms with Gasteiger partial charge in [-0.15, -0.1) is 0 Å². The predicted molar refractivity (Wildman–Crippen MR) is 76.3 cm³/mol. The van der Waals surface area contributed by atoms with E-state index in [-0.39, 0.29) is 10.8 Å². The Morgan fingerprint density at radius 3 is 1.26 bits per heavy atom. The van der Waals surface area contributed by atoms with E-state index < -0.39 is 7.25 Å². The first-order chi connectivity index (χ1) is 8.21. The van der Waals surface area contributed by atoms with Crippen molar-refractivity contribution in [2.45, 2.75) is 52.4 Å². The standard InChI is InChI=1S/C13H21S.BF4/c1-12(2,3)10-8-7-9-11(14-10)13(4,5)6;2-1(3,4)5/h7-9H,1-6H3;/q+1;-1. The summed E-state index contributed by atoms with van der Waals surface area (Å²) >= 11 is 1.94. The van der Waals surface area contributed by atoms with Gasteiger partial charge in [-0.2, -0.15) is 0 Å². The predicted octanol–water partition coefficient (Wildman–Crippen LogP) is 5.92. The first kappa shape index (κ1) is 18.4. The van der Waals surface area contributed by atoms with Crippen LogP contribution < -0.4 is 0 Å². The molecule has 0 radical (unpaired) electrons. The van der Waals surface area contributed by atoms with Crippen molar-refractivity contribution in [2.24, 2.45) is 0 Å². The van der Waals surface area contributed by atoms with Crippen LogP contribution in [0.2, 0.25) is 0 Å². The molecule has 0 amide bonds. The molecular formula is C13H21BF4S. The van der Waals surface area contributed by atoms with Gasteiger partial charge in [0.25, 0.3) is 0 Å². The molecule has 0 atom stereocenters. The third-order valence-corrected chi connectivity index (χ3v) is 4.13. The number of halogens is 4. The van der Waals surface area contributed by atoms with Gasteiger partial charge in [-0.25, -0.2) is 0 Å². The largest absolute Gasteiger partial charge is 0.673 e. The molecule has 0 saturated heterocycles. The highest BCUT2D eigenvalue weighted by Crippen LogP contribution is 2.33. The van der Waals surface area contributed by atoms with Crippen molar-refractivity contribution in [3.63, 3.8) is 0 Å². The Labute approximate surface area is 117 Å². The Morgan fingerprint density at radius 2 is 1.05 bits per heavy atom. The SMILES string of the molecule is CC(C)(C)c1cccc(C(C)(C)C)[s+]1.F[B-](F)(F)F. The van der Waals surface area contributed by atoms with Crippen LogP contribution in [0.4, 0.5) is 17.3 Å². The summed E-state index contributed by atoms with van der Waals surface area (Å²) in [5.74, 6) is 0. The first-order valence-electron chi connectivity index (χ1n) is 6.03. The van der Waals surface area contributed by atoms with Crippen molar-refractivity contribution in [2.75, 3.05) is 0 Å². The molecule has 0 unspecified atom stereocenters. The van der Waals surface area contributed by atoms with Crippen LogP contribution in [0.5, 0.6) is 0 Å². The zero-order valence-corrected chi connectivity index (χ0v) is 13.0. The van der Waals surface area contributed by atoms with Crippen LogP contribution >= 0.6 is 11.3 Å². The van der Waals surface area contributed by atoms with Crippen LogP contribution in [0.1, 0.15) is 51.3 Å². The van der Waals surface area contributed by atoms with Crippen molar-refractivity contribution < 1.29 is 17.3 Å². The van der Waals surface area contributed by atoms with E-state index in [0.717, 1.165) is 0 Å². The van der Waals surface area contributed by atoms with Gasteiger partial charge in [-0.1, -0.05) is 47.6 Å². The Hall–Kier alpha value is -0.645. The van der Waals surface area contributed by atoms with Crippen molar-refractivity contribution in [3.8, 4) is 0 Å². The highest BCUT2D eigenvalue weighted by molar-refractivity contribution is 7.12. The van der Waals surface area contributed by atoms with Crippen LogP contribution in [-0.4, -0.2) is 7.25 Å². The summed E-state index contributed by atoms with van der Waals surface area (Å²) in [6, 6.07) is 6.65. The first-order valence-corrected chi connectivity index (χ1v) is 6.84. The molecule has 0 aliphatic heterocycles. The molecule has 19 heavy (non-hydrogen) atoms. The molecule has 0 aromatic carbocycles. The molecule has 6 heteroatoms. The Morgan fingerprint density at radius 1 is 0.789 bits per heavy atom. The third-order valence-electron chi connectivity index (χ3n) is 2.19. The quantitative estimate of drug-likeness (QED) is 0.316. The minimum absolute atomic E-state index is 0.270. The molecule has 0 fully saturated rings. The molecule has 0 saturated carbocycles. The molecule has 0 aliphatic carbocycles. The molecule has 110 valence electrons. The van der Waals surface area contributed by atoms with Crippen molar-refractivity contribution in [3.05, 3.63) is 28.0 Å². The molecular weight excluding hydrogens is 275 g/mol. The van der Waals surface area contributed by atoms with E-state index in [2.05, 4.69) is 59.7 Å². The summed E-state index contributed by atoms with van der Waals surface area (Å²) in [6.45, 7) is 13.6. The lowest BCUT2D eigenvalue weighted by atomic mass is 9.93. The zero-order valence-electron chi connectivity index (χ0n) is 12.2. The average molecular weight is 296 g/mol. The normalized spacial score (nSPS) is 12.7. The Kier molecular flexibility index (Phi) is 5.99. The summed E-state index contributed by atoms with van der Waals surface area (Å²) in [7, 11) is -6.00. The van der Waals surface area contributed by atoms with E-state index >= 15 is 0 Å². The van der Waals surface area contributed by atoms with Gasteiger partial charge in [-0.05, 0) is 12.1 Å². The van der Waals surface area contributed by atoms with Crippen LogP contribution in [-0.2, 0) is 10.8 Å². The van der Waals surface area contributed by atoms with E-state index in [1.807, 2.05) is 11.3 Å². The lowest BCUT2D eigenvalue weighted by molar-refractivity contribution is 0.368. The third kappa shape index (κ3) is 8.97. The van der Waals surface area contributed by atoms with E-state index in [4.69, 9.17) is 0 Å². The molecule has 0 aliphatic rings. The molecule has 0 N–H and O–H groups in total. The van der Waals surface area contributed by atoms with Gasteiger partial charge in [0.05, 0.1) is 0 Å². The highest BCUT2D eigenvalue weighted by Gasteiger charge is 2.30. The molecule has 1 heterocycles. The number of hydrogen-bond acceptors (Lipinski definition) is 0. The fourth-order valence-electron chi connectivity index (χ4n) is 1.22. The van der Waals surface area contributed by atoms with Crippen molar-refractivity contribution in [1.29, 1.82) is 0 Å². The van der Waals surface area contributed by atoms with Gasteiger partial charge in [-0.3, -0.25) is 0 Å². The number of rotatable bonds is 0. The van der Waals surface area contributed by atoms with Gasteiger partial charge < -0.3 is 17.3 Å². The molecule has 0 nitrogen and oxygen atoms in total. The average Bonchev–Trinajstić information content (AvgIpc) is 2.12. The lowest BCUT2D eigenvalue weighted by Gasteiger charge is -2.14. The molecule has 1 aromatic heterocycles. The van der Waals surface area contributed by atoms with E-state index in [1.54, 1.807) is 0 Å². The second-order valence-electron chi connectivity index (χ2n) is 6.35. The van der Waals surface area contributed by atoms with Gasteiger partial charge in [0.2, 0.25) is 21.1 Å². The lowest BCUT2D eigenvalue weighted by Crippen LogP contribution is -2.13. The summed E-state index contributed by atoms with van der Waals surface area (Å²) in [5, 5.41) is 0. The molecule has 1 rings (SSSR count). The zero-order chi connectivity index (χ0) is 15.5. The topological polar surface area (TPSA) is 0 Å². The molecule has 0 bridgehead atoms. The number of hydrogen-bond donors (Lipinski definition) is 0. The van der Waals surface area contributed by atoms with Gasteiger partial charge in [0.15, 0.2) is 0 Å². The van der Waals surface area contributed by atoms with Crippen molar-refractivity contribution in [1.82, 2.24) is 0 Å². The smallest absolute Gasteiger partial charge is 0.418 e. The van der Waals surface area contributed by atoms with Gasteiger partial charge >= 0.3 is 7.25 Å². The fourth-order valence-corrected chi connectivity index (χ4v) is 2.36. The Bertz CT molecular complexity index is 367. The summed E-state index contributed by atoms with van der Waals surface area (Å²) in [6.07, 6.45) is 0. The summed E-state index contributed by atoms with van der Waals surface area (Å²) < 4.78 is 39.0. The van der Waals surface area contributed by atoms with E-state index in [1.165, 1.54) is 9.75 Å². The van der Waals surface area contributed by atoms with Gasteiger partial charge in [0, 0.05) is 10.8 Å². The summed E-state index contributed by atoms with van der Waals surface area (Å²) in [5.41, 5.74) is 0.540. The van der Waals surface area contributed by atoms with Crippen LogP contribution in [0.15, 0.2) is 18.2 Å². The van der Waals surface area contributed by atoms with E-state index in [0.29, 0.717) is 0 Å². The molecule has 0 spiro atoms. The van der Waals surface area contributed by atoms with Crippen LogP contribution in [0.25, 0.3) is 0 Å². The minimum Gasteiger partial charge on any atom is -0.418 e. The minimum atomic E-state index is -6.00. The monoisotopic (exact) mass is 296 g/mol. The summed E-state index contributed by atoms with van der Waals surface area (Å²) in [4.78, 5) is 2.93. The van der Waals surface area contributed by atoms with Crippen LogP contribution in [0, 0.1) is 0 Å². The second kappa shape index (κ2) is 6.20. The second-order valence-corrected chi connectivity index (χ2v) is 7.43. The van der Waals surface area contributed by atoms with Gasteiger partial charge in [0.1, 0.15) is 0 Å². The van der Waals surface area contributed by atoms with Crippen LogP contribution in [0.3, 0.4) is 0 Å². The fraction of sp³-hybridized carbons (Fsp3) is 0.615. The van der Waals surface area contributed by atoms with E-state index in [9.17, 15) is 17.3 Å². The maximum atomic E-state index is 9.75. The molecule has 1 aromatic rings. The van der Waals surface area contributed by atoms with Crippen molar-refractivity contribution >= 4 is 18.6 Å².